The van der Waals surface area contributed by atoms with Gasteiger partial charge in [0.1, 0.15) is 11.6 Å². The van der Waals surface area contributed by atoms with E-state index in [0.717, 1.165) is 24.2 Å². The Hall–Kier alpha value is -1.76. The molecular weight excluding hydrogens is 285 g/mol. The number of rotatable bonds is 6. The van der Waals surface area contributed by atoms with Crippen molar-refractivity contribution >= 4 is 11.0 Å². The van der Waals surface area contributed by atoms with Gasteiger partial charge >= 0.3 is 6.36 Å². The fourth-order valence-corrected chi connectivity index (χ4v) is 2.20. The number of aromatic nitrogens is 2. The number of aryl methyl sites for hydroxylation is 1. The predicted molar refractivity (Wildman–Crippen MR) is 72.3 cm³/mol. The smallest absolute Gasteiger partial charge is 0.406 e. The third-order valence-electron chi connectivity index (χ3n) is 3.02. The molecule has 0 fully saturated rings. The van der Waals surface area contributed by atoms with E-state index in [0.29, 0.717) is 18.7 Å². The highest BCUT2D eigenvalue weighted by molar-refractivity contribution is 5.77. The van der Waals surface area contributed by atoms with Gasteiger partial charge in [0.25, 0.3) is 0 Å². The Bertz CT molecular complexity index is 608. The van der Waals surface area contributed by atoms with Gasteiger partial charge in [-0.25, -0.2) is 4.98 Å². The molecule has 7 heteroatoms. The van der Waals surface area contributed by atoms with Gasteiger partial charge in [0.15, 0.2) is 0 Å². The summed E-state index contributed by atoms with van der Waals surface area (Å²) in [7, 11) is 1.61. The molecule has 0 N–H and O–H groups in total. The molecule has 1 aromatic carbocycles. The van der Waals surface area contributed by atoms with Crippen LogP contribution in [-0.2, 0) is 17.7 Å². The van der Waals surface area contributed by atoms with Crippen molar-refractivity contribution in [1.29, 1.82) is 0 Å². The number of fused-ring (bicyclic) bond motifs is 1. The van der Waals surface area contributed by atoms with Gasteiger partial charge in [-0.1, -0.05) is 6.92 Å². The van der Waals surface area contributed by atoms with Crippen molar-refractivity contribution in [3.8, 4) is 5.75 Å². The highest BCUT2D eigenvalue weighted by atomic mass is 19.4. The van der Waals surface area contributed by atoms with Crippen LogP contribution in [0.1, 0.15) is 19.2 Å². The molecule has 0 aliphatic carbocycles. The fraction of sp³-hybridized carbons (Fsp3) is 0.500. The summed E-state index contributed by atoms with van der Waals surface area (Å²) in [5.74, 6) is 0.586. The van der Waals surface area contributed by atoms with Crippen molar-refractivity contribution in [2.24, 2.45) is 0 Å². The van der Waals surface area contributed by atoms with Gasteiger partial charge in [-0.15, -0.1) is 13.2 Å². The maximum atomic E-state index is 12.2. The molecule has 0 radical (unpaired) electrons. The first kappa shape index (κ1) is 15.6. The molecule has 21 heavy (non-hydrogen) atoms. The molecule has 0 saturated heterocycles. The number of alkyl halides is 3. The van der Waals surface area contributed by atoms with Crippen molar-refractivity contribution in [2.75, 3.05) is 13.7 Å². The van der Waals surface area contributed by atoms with Crippen LogP contribution < -0.4 is 4.74 Å². The second-order valence-electron chi connectivity index (χ2n) is 4.62. The van der Waals surface area contributed by atoms with Crippen molar-refractivity contribution in [3.63, 3.8) is 0 Å². The molecule has 4 nitrogen and oxygen atoms in total. The maximum absolute atomic E-state index is 12.2. The molecule has 2 aromatic rings. The topological polar surface area (TPSA) is 36.3 Å². The second-order valence-corrected chi connectivity index (χ2v) is 4.62. The Morgan fingerprint density at radius 1 is 1.29 bits per heavy atom. The van der Waals surface area contributed by atoms with Crippen LogP contribution in [0.3, 0.4) is 0 Å². The van der Waals surface area contributed by atoms with Crippen molar-refractivity contribution in [1.82, 2.24) is 9.55 Å². The minimum absolute atomic E-state index is 0.255. The summed E-state index contributed by atoms with van der Waals surface area (Å²) in [6, 6.07) is 4.21. The molecular formula is C14H17F3N2O2. The molecule has 0 aliphatic rings. The van der Waals surface area contributed by atoms with Gasteiger partial charge in [-0.05, 0) is 18.6 Å². The van der Waals surface area contributed by atoms with Crippen LogP contribution in [0.25, 0.3) is 11.0 Å². The number of ether oxygens (including phenoxy) is 2. The zero-order chi connectivity index (χ0) is 15.5. The van der Waals surface area contributed by atoms with E-state index in [2.05, 4.69) is 9.72 Å². The molecule has 0 spiro atoms. The Morgan fingerprint density at radius 3 is 2.67 bits per heavy atom. The Labute approximate surface area is 120 Å². The van der Waals surface area contributed by atoms with Crippen LogP contribution in [0.5, 0.6) is 5.75 Å². The highest BCUT2D eigenvalue weighted by Crippen LogP contribution is 2.27. The summed E-state index contributed by atoms with van der Waals surface area (Å²) in [6.07, 6.45) is -3.03. The van der Waals surface area contributed by atoms with Crippen molar-refractivity contribution in [2.45, 2.75) is 32.7 Å². The molecule has 116 valence electrons. The maximum Gasteiger partial charge on any atom is 0.573 e. The zero-order valence-corrected chi connectivity index (χ0v) is 11.9. The lowest BCUT2D eigenvalue weighted by molar-refractivity contribution is -0.274. The van der Waals surface area contributed by atoms with E-state index in [1.807, 2.05) is 11.5 Å². The Balaban J connectivity index is 2.39. The van der Waals surface area contributed by atoms with Gasteiger partial charge in [0.2, 0.25) is 0 Å². The molecule has 0 unspecified atom stereocenters. The molecule has 1 heterocycles. The van der Waals surface area contributed by atoms with E-state index >= 15 is 0 Å². The third-order valence-corrected chi connectivity index (χ3v) is 3.02. The largest absolute Gasteiger partial charge is 0.573 e. The van der Waals surface area contributed by atoms with Crippen LogP contribution in [-0.4, -0.2) is 29.6 Å². The number of hydrogen-bond donors (Lipinski definition) is 0. The number of benzene rings is 1. The normalized spacial score (nSPS) is 12.0. The number of halogens is 3. The minimum Gasteiger partial charge on any atom is -0.406 e. The summed E-state index contributed by atoms with van der Waals surface area (Å²) in [5.41, 5.74) is 1.28. The summed E-state index contributed by atoms with van der Waals surface area (Å²) in [4.78, 5) is 4.41. The first-order chi connectivity index (χ1) is 9.94. The first-order valence-corrected chi connectivity index (χ1v) is 6.68. The average molecular weight is 302 g/mol. The van der Waals surface area contributed by atoms with Crippen molar-refractivity contribution < 1.29 is 22.6 Å². The lowest BCUT2D eigenvalue weighted by atomic mass is 10.3. The monoisotopic (exact) mass is 302 g/mol. The molecule has 0 aliphatic heterocycles. The van der Waals surface area contributed by atoms with Gasteiger partial charge in [0.05, 0.1) is 17.6 Å². The molecule has 2 rings (SSSR count). The van der Waals surface area contributed by atoms with E-state index < -0.39 is 6.36 Å². The van der Waals surface area contributed by atoms with Gasteiger partial charge < -0.3 is 14.0 Å². The molecule has 1 aromatic heterocycles. The van der Waals surface area contributed by atoms with Gasteiger partial charge in [-0.2, -0.15) is 0 Å². The van der Waals surface area contributed by atoms with E-state index in [1.54, 1.807) is 13.2 Å². The van der Waals surface area contributed by atoms with Crippen LogP contribution in [0.4, 0.5) is 13.2 Å². The number of nitrogens with zero attached hydrogens (tertiary/aromatic N) is 2. The Kier molecular flexibility index (Phi) is 4.72. The quantitative estimate of drug-likeness (QED) is 0.819. The number of imidazole rings is 1. The molecule has 0 saturated carbocycles. The predicted octanol–water partition coefficient (Wildman–Crippen LogP) is 3.53. The second kappa shape index (κ2) is 6.34. The van der Waals surface area contributed by atoms with E-state index in [1.165, 1.54) is 12.1 Å². The van der Waals surface area contributed by atoms with Crippen LogP contribution in [0.15, 0.2) is 18.2 Å². The fourth-order valence-electron chi connectivity index (χ4n) is 2.20. The number of hydrogen-bond acceptors (Lipinski definition) is 3. The van der Waals surface area contributed by atoms with E-state index in [-0.39, 0.29) is 5.75 Å². The lowest BCUT2D eigenvalue weighted by Crippen LogP contribution is -2.17. The molecule has 0 bridgehead atoms. The zero-order valence-electron chi connectivity index (χ0n) is 11.9. The standard InChI is InChI=1S/C14H17F3N2O2/c1-3-4-13-18-11-9-10(21-14(15,16)17)5-6-12(11)19(13)7-8-20-2/h5-6,9H,3-4,7-8H2,1-2H3. The van der Waals surface area contributed by atoms with Crippen molar-refractivity contribution in [3.05, 3.63) is 24.0 Å². The summed E-state index contributed by atoms with van der Waals surface area (Å²) in [5, 5.41) is 0. The van der Waals surface area contributed by atoms with Crippen LogP contribution >= 0.6 is 0 Å². The van der Waals surface area contributed by atoms with Gasteiger partial charge in [-0.3, -0.25) is 0 Å². The summed E-state index contributed by atoms with van der Waals surface area (Å²) >= 11 is 0. The first-order valence-electron chi connectivity index (χ1n) is 6.68. The SMILES string of the molecule is CCCc1nc2cc(OC(F)(F)F)ccc2n1CCOC. The molecule has 0 amide bonds. The van der Waals surface area contributed by atoms with Crippen LogP contribution in [0, 0.1) is 0 Å². The summed E-state index contributed by atoms with van der Waals surface area (Å²) < 4.78 is 47.7. The van der Waals surface area contributed by atoms with Crippen LogP contribution in [0.2, 0.25) is 0 Å². The Morgan fingerprint density at radius 2 is 2.05 bits per heavy atom. The molecule has 0 atom stereocenters. The lowest BCUT2D eigenvalue weighted by Gasteiger charge is -2.09. The van der Waals surface area contributed by atoms with E-state index in [9.17, 15) is 13.2 Å². The third kappa shape index (κ3) is 3.87. The highest BCUT2D eigenvalue weighted by Gasteiger charge is 2.31. The van der Waals surface area contributed by atoms with Gasteiger partial charge in [0, 0.05) is 26.1 Å². The number of methoxy groups -OCH3 is 1. The van der Waals surface area contributed by atoms with E-state index in [4.69, 9.17) is 4.74 Å². The summed E-state index contributed by atoms with van der Waals surface area (Å²) in [6.45, 7) is 3.16. The minimum atomic E-state index is -4.70. The average Bonchev–Trinajstić information content (AvgIpc) is 2.71.